The number of aromatic nitrogens is 1. The van der Waals surface area contributed by atoms with Crippen LogP contribution in [0.25, 0.3) is 10.9 Å². The van der Waals surface area contributed by atoms with Crippen LogP contribution in [0.1, 0.15) is 0 Å². The molecule has 1 N–H and O–H groups in total. The molecule has 1 heterocycles. The smallest absolute Gasteiger partial charge is 0.179 e. The standard InChI is InChI=1S/C10H8ClNO2/c1-14-9-5-12-8-4-6(11)2-3-7(8)10(9)13/h2-5H,1H3,(H,12,13). The predicted octanol–water partition coefficient (Wildman–Crippen LogP) is 2.60. The summed E-state index contributed by atoms with van der Waals surface area (Å²) in [5.74, 6) is 0.453. The van der Waals surface area contributed by atoms with E-state index in [-0.39, 0.29) is 5.75 Å². The molecule has 1 aromatic carbocycles. The first kappa shape index (κ1) is 9.09. The lowest BCUT2D eigenvalue weighted by Crippen LogP contribution is -1.87. The second-order valence-electron chi connectivity index (χ2n) is 2.84. The van der Waals surface area contributed by atoms with Gasteiger partial charge in [0.15, 0.2) is 11.5 Å². The van der Waals surface area contributed by atoms with E-state index >= 15 is 0 Å². The summed E-state index contributed by atoms with van der Waals surface area (Å²) in [6, 6.07) is 5.10. The number of aromatic hydroxyl groups is 1. The third-order valence-electron chi connectivity index (χ3n) is 1.99. The van der Waals surface area contributed by atoms with E-state index in [1.54, 1.807) is 18.2 Å². The Morgan fingerprint density at radius 3 is 2.93 bits per heavy atom. The van der Waals surface area contributed by atoms with Gasteiger partial charge in [-0.3, -0.25) is 4.98 Å². The summed E-state index contributed by atoms with van der Waals surface area (Å²) in [7, 11) is 1.48. The van der Waals surface area contributed by atoms with Gasteiger partial charge in [-0.15, -0.1) is 0 Å². The molecule has 0 aliphatic rings. The highest BCUT2D eigenvalue weighted by Gasteiger charge is 2.07. The van der Waals surface area contributed by atoms with Crippen LogP contribution in [0.3, 0.4) is 0 Å². The predicted molar refractivity (Wildman–Crippen MR) is 55.0 cm³/mol. The Morgan fingerprint density at radius 2 is 2.21 bits per heavy atom. The van der Waals surface area contributed by atoms with Crippen molar-refractivity contribution in [1.29, 1.82) is 0 Å². The first-order valence-corrected chi connectivity index (χ1v) is 4.41. The molecule has 14 heavy (non-hydrogen) atoms. The highest BCUT2D eigenvalue weighted by Crippen LogP contribution is 2.33. The van der Waals surface area contributed by atoms with Gasteiger partial charge in [0.1, 0.15) is 0 Å². The zero-order valence-corrected chi connectivity index (χ0v) is 8.25. The number of pyridine rings is 1. The maximum atomic E-state index is 9.73. The summed E-state index contributed by atoms with van der Waals surface area (Å²) >= 11 is 5.79. The van der Waals surface area contributed by atoms with Crippen molar-refractivity contribution in [2.45, 2.75) is 0 Å². The summed E-state index contributed by atoms with van der Waals surface area (Å²) in [5, 5.41) is 11.0. The van der Waals surface area contributed by atoms with Gasteiger partial charge in [-0.1, -0.05) is 11.6 Å². The Morgan fingerprint density at radius 1 is 1.43 bits per heavy atom. The van der Waals surface area contributed by atoms with Crippen LogP contribution in [0.4, 0.5) is 0 Å². The lowest BCUT2D eigenvalue weighted by Gasteiger charge is -2.05. The fourth-order valence-corrected chi connectivity index (χ4v) is 1.45. The van der Waals surface area contributed by atoms with Crippen LogP contribution >= 0.6 is 11.6 Å². The molecule has 2 aromatic rings. The second-order valence-corrected chi connectivity index (χ2v) is 3.27. The van der Waals surface area contributed by atoms with Crippen LogP contribution in [0.5, 0.6) is 11.5 Å². The normalized spacial score (nSPS) is 10.4. The van der Waals surface area contributed by atoms with Gasteiger partial charge in [-0.2, -0.15) is 0 Å². The molecule has 0 saturated carbocycles. The molecule has 0 fully saturated rings. The molecule has 1 aromatic heterocycles. The minimum absolute atomic E-state index is 0.0918. The van der Waals surface area contributed by atoms with Gasteiger partial charge >= 0.3 is 0 Å². The van der Waals surface area contributed by atoms with Crippen LogP contribution in [0.2, 0.25) is 5.02 Å². The first-order valence-electron chi connectivity index (χ1n) is 4.03. The van der Waals surface area contributed by atoms with Gasteiger partial charge in [-0.25, -0.2) is 0 Å². The molecule has 72 valence electrons. The zero-order valence-electron chi connectivity index (χ0n) is 7.49. The van der Waals surface area contributed by atoms with Crippen LogP contribution in [-0.4, -0.2) is 17.2 Å². The Hall–Kier alpha value is -1.48. The summed E-state index contributed by atoms with van der Waals surface area (Å²) in [6.07, 6.45) is 1.47. The van der Waals surface area contributed by atoms with Crippen molar-refractivity contribution < 1.29 is 9.84 Å². The topological polar surface area (TPSA) is 42.4 Å². The van der Waals surface area contributed by atoms with Crippen molar-refractivity contribution >= 4 is 22.5 Å². The number of hydrogen-bond donors (Lipinski definition) is 1. The highest BCUT2D eigenvalue weighted by molar-refractivity contribution is 6.31. The number of hydrogen-bond acceptors (Lipinski definition) is 3. The van der Waals surface area contributed by atoms with Gasteiger partial charge in [0.2, 0.25) is 0 Å². The molecule has 0 amide bonds. The van der Waals surface area contributed by atoms with Crippen molar-refractivity contribution in [3.63, 3.8) is 0 Å². The number of ether oxygens (including phenoxy) is 1. The molecule has 0 unspecified atom stereocenters. The van der Waals surface area contributed by atoms with Crippen molar-refractivity contribution in [3.05, 3.63) is 29.4 Å². The average Bonchev–Trinajstić information content (AvgIpc) is 2.18. The van der Waals surface area contributed by atoms with Crippen LogP contribution < -0.4 is 4.74 Å². The van der Waals surface area contributed by atoms with E-state index in [1.807, 2.05) is 0 Å². The Bertz CT molecular complexity index is 485. The summed E-state index contributed by atoms with van der Waals surface area (Å²) in [5.41, 5.74) is 0.649. The molecule has 0 aliphatic carbocycles. The van der Waals surface area contributed by atoms with Crippen molar-refractivity contribution in [3.8, 4) is 11.5 Å². The van der Waals surface area contributed by atoms with E-state index < -0.39 is 0 Å². The Kier molecular flexibility index (Phi) is 2.17. The van der Waals surface area contributed by atoms with Crippen molar-refractivity contribution in [2.24, 2.45) is 0 Å². The maximum absolute atomic E-state index is 9.73. The lowest BCUT2D eigenvalue weighted by atomic mass is 10.2. The van der Waals surface area contributed by atoms with Crippen LogP contribution in [0, 0.1) is 0 Å². The summed E-state index contributed by atoms with van der Waals surface area (Å²) in [6.45, 7) is 0. The number of nitrogens with zero attached hydrogens (tertiary/aromatic N) is 1. The molecule has 4 heteroatoms. The van der Waals surface area contributed by atoms with Gasteiger partial charge in [0.25, 0.3) is 0 Å². The lowest BCUT2D eigenvalue weighted by molar-refractivity contribution is 0.375. The van der Waals surface area contributed by atoms with E-state index in [0.29, 0.717) is 21.7 Å². The largest absolute Gasteiger partial charge is 0.504 e. The Balaban J connectivity index is 2.77. The number of methoxy groups -OCH3 is 1. The summed E-state index contributed by atoms with van der Waals surface area (Å²) in [4.78, 5) is 4.10. The van der Waals surface area contributed by atoms with Gasteiger partial charge < -0.3 is 9.84 Å². The van der Waals surface area contributed by atoms with Gasteiger partial charge in [-0.05, 0) is 18.2 Å². The quantitative estimate of drug-likeness (QED) is 0.785. The minimum Gasteiger partial charge on any atom is -0.504 e. The third-order valence-corrected chi connectivity index (χ3v) is 2.22. The molecule has 2 rings (SSSR count). The molecular weight excluding hydrogens is 202 g/mol. The second kappa shape index (κ2) is 3.35. The van der Waals surface area contributed by atoms with E-state index in [4.69, 9.17) is 16.3 Å². The molecule has 0 bridgehead atoms. The SMILES string of the molecule is COc1cnc2cc(Cl)ccc2c1O. The fourth-order valence-electron chi connectivity index (χ4n) is 1.28. The molecule has 0 spiro atoms. The molecule has 0 radical (unpaired) electrons. The first-order chi connectivity index (χ1) is 6.72. The monoisotopic (exact) mass is 209 g/mol. The molecule has 3 nitrogen and oxygen atoms in total. The van der Waals surface area contributed by atoms with Crippen molar-refractivity contribution in [2.75, 3.05) is 7.11 Å². The average molecular weight is 210 g/mol. The molecule has 0 aliphatic heterocycles. The zero-order chi connectivity index (χ0) is 10.1. The molecule has 0 saturated heterocycles. The maximum Gasteiger partial charge on any atom is 0.179 e. The number of fused-ring (bicyclic) bond motifs is 1. The van der Waals surface area contributed by atoms with Crippen LogP contribution in [0.15, 0.2) is 24.4 Å². The highest BCUT2D eigenvalue weighted by atomic mass is 35.5. The fraction of sp³-hybridized carbons (Fsp3) is 0.100. The third kappa shape index (κ3) is 1.36. The Labute approximate surface area is 85.9 Å². The van der Waals surface area contributed by atoms with E-state index in [2.05, 4.69) is 4.98 Å². The van der Waals surface area contributed by atoms with E-state index in [1.165, 1.54) is 13.3 Å². The van der Waals surface area contributed by atoms with Crippen molar-refractivity contribution in [1.82, 2.24) is 4.98 Å². The summed E-state index contributed by atoms with van der Waals surface area (Å²) < 4.78 is 4.94. The number of benzene rings is 1. The van der Waals surface area contributed by atoms with E-state index in [0.717, 1.165) is 0 Å². The van der Waals surface area contributed by atoms with E-state index in [9.17, 15) is 5.11 Å². The molecular formula is C10H8ClNO2. The van der Waals surface area contributed by atoms with Gasteiger partial charge in [0.05, 0.1) is 18.8 Å². The molecule has 0 atom stereocenters. The van der Waals surface area contributed by atoms with Gasteiger partial charge in [0, 0.05) is 10.4 Å². The number of rotatable bonds is 1. The van der Waals surface area contributed by atoms with Crippen LogP contribution in [-0.2, 0) is 0 Å². The minimum atomic E-state index is 0.0918. The number of halogens is 1.